The highest BCUT2D eigenvalue weighted by atomic mass is 16.7. The number of aliphatic hydroxyl groups excluding tert-OH is 5. The van der Waals surface area contributed by atoms with Crippen molar-refractivity contribution in [3.05, 3.63) is 48.6 Å². The lowest BCUT2D eigenvalue weighted by atomic mass is 9.99. The summed E-state index contributed by atoms with van der Waals surface area (Å²) in [6.45, 7) is 4.26. The van der Waals surface area contributed by atoms with Gasteiger partial charge in [-0.3, -0.25) is 9.59 Å². The molecule has 0 aromatic heterocycles. The molecule has 0 saturated carbocycles. The van der Waals surface area contributed by atoms with Gasteiger partial charge < -0.3 is 45.1 Å². The molecule has 444 valence electrons. The zero-order valence-electron chi connectivity index (χ0n) is 49.0. The Balaban J connectivity index is 1.99. The predicted molar refractivity (Wildman–Crippen MR) is 315 cm³/mol. The lowest BCUT2D eigenvalue weighted by Gasteiger charge is -2.40. The minimum atomic E-state index is -1.58. The summed E-state index contributed by atoms with van der Waals surface area (Å²) in [7, 11) is 0. The molecule has 0 spiro atoms. The molecule has 7 atom stereocenters. The van der Waals surface area contributed by atoms with Crippen LogP contribution in [-0.2, 0) is 23.8 Å². The third kappa shape index (κ3) is 43.5. The maximum Gasteiger partial charge on any atom is 0.305 e. The van der Waals surface area contributed by atoms with Crippen LogP contribution in [0, 0.1) is 0 Å². The van der Waals surface area contributed by atoms with E-state index in [0.29, 0.717) is 19.4 Å². The van der Waals surface area contributed by atoms with Gasteiger partial charge >= 0.3 is 5.97 Å². The van der Waals surface area contributed by atoms with Crippen molar-refractivity contribution in [3.63, 3.8) is 0 Å². The van der Waals surface area contributed by atoms with Gasteiger partial charge in [0.05, 0.1) is 32.0 Å². The van der Waals surface area contributed by atoms with Crippen molar-refractivity contribution in [2.45, 2.75) is 333 Å². The van der Waals surface area contributed by atoms with Crippen molar-refractivity contribution in [3.8, 4) is 0 Å². The Morgan fingerprint density at radius 1 is 0.474 bits per heavy atom. The summed E-state index contributed by atoms with van der Waals surface area (Å²) in [5.74, 6) is -0.213. The largest absolute Gasteiger partial charge is 0.466 e. The number of rotatable bonds is 55. The fraction of sp³-hybridized carbons (Fsp3) is 0.846. The number of carbonyl (C=O) groups excluding carboxylic acids is 2. The van der Waals surface area contributed by atoms with E-state index in [1.165, 1.54) is 186 Å². The van der Waals surface area contributed by atoms with Crippen LogP contribution in [-0.4, -0.2) is 100 Å². The van der Waals surface area contributed by atoms with Gasteiger partial charge in [0, 0.05) is 12.8 Å². The minimum absolute atomic E-state index is 0.00910. The Kier molecular flexibility index (Phi) is 51.4. The van der Waals surface area contributed by atoms with Gasteiger partial charge in [-0.25, -0.2) is 0 Å². The lowest BCUT2D eigenvalue weighted by Crippen LogP contribution is -2.60. The molecule has 0 aromatic rings. The molecule has 0 radical (unpaired) electrons. The van der Waals surface area contributed by atoms with Crippen LogP contribution in [0.5, 0.6) is 0 Å². The third-order valence-electron chi connectivity index (χ3n) is 14.9. The first kappa shape index (κ1) is 71.6. The Morgan fingerprint density at radius 3 is 1.33 bits per heavy atom. The second-order valence-corrected chi connectivity index (χ2v) is 22.1. The Bertz CT molecular complexity index is 1400. The van der Waals surface area contributed by atoms with E-state index in [4.69, 9.17) is 14.2 Å². The lowest BCUT2D eigenvalue weighted by molar-refractivity contribution is -0.302. The van der Waals surface area contributed by atoms with Gasteiger partial charge in [-0.15, -0.1) is 0 Å². The van der Waals surface area contributed by atoms with Gasteiger partial charge in [0.2, 0.25) is 5.91 Å². The highest BCUT2D eigenvalue weighted by Crippen LogP contribution is 2.23. The number of nitrogens with one attached hydrogen (secondary N) is 1. The molecule has 1 heterocycles. The number of aliphatic hydroxyl groups is 5. The Labute approximate surface area is 466 Å². The molecule has 11 heteroatoms. The fourth-order valence-corrected chi connectivity index (χ4v) is 9.79. The molecule has 1 aliphatic rings. The van der Waals surface area contributed by atoms with E-state index in [2.05, 4.69) is 55.6 Å². The molecule has 1 aliphatic heterocycles. The van der Waals surface area contributed by atoms with Crippen LogP contribution in [0.2, 0.25) is 0 Å². The van der Waals surface area contributed by atoms with Gasteiger partial charge in [0.25, 0.3) is 0 Å². The van der Waals surface area contributed by atoms with Crippen LogP contribution in [0.25, 0.3) is 0 Å². The zero-order chi connectivity index (χ0) is 55.2. The summed E-state index contributed by atoms with van der Waals surface area (Å²) >= 11 is 0. The highest BCUT2D eigenvalue weighted by molar-refractivity contribution is 5.76. The van der Waals surface area contributed by atoms with Crippen molar-refractivity contribution in [1.82, 2.24) is 5.32 Å². The van der Waals surface area contributed by atoms with Gasteiger partial charge in [0.1, 0.15) is 24.4 Å². The summed E-state index contributed by atoms with van der Waals surface area (Å²) < 4.78 is 16.7. The average Bonchev–Trinajstić information content (AvgIpc) is 3.42. The van der Waals surface area contributed by atoms with E-state index in [0.717, 1.165) is 77.0 Å². The highest BCUT2D eigenvalue weighted by Gasteiger charge is 2.44. The van der Waals surface area contributed by atoms with Crippen LogP contribution in [0.4, 0.5) is 0 Å². The SMILES string of the molecule is CCCCC/C=C/CC/C=C/C(O)C(COC1OC(CO)C(O)C(O)C1O)NC(=O)CCCCCCCCC/C=C\CCCCCCCCCCCOC(=O)CCCCCCCCCCC/C=C\CCCCCCCC. The standard InChI is InChI=1S/C65H119NO10/c1-3-5-7-9-11-13-14-15-16-17-20-24-27-30-33-37-41-45-49-53-61(70)74-54-50-46-42-38-34-31-28-25-22-19-18-21-23-26-29-32-36-40-44-48-52-60(69)66-57(58(68)51-47-43-39-35-12-10-8-6-4-2)56-75-65-64(73)63(72)62(71)59(55-67)76-65/h12,15-16,18,21,35,47,51,57-59,62-65,67-68,71-73H,3-11,13-14,17,19-20,22-34,36-46,48-50,52-56H2,1-2H3,(H,66,69)/b16-15-,21-18-,35-12+,51-47+. The molecule has 0 aliphatic carbocycles. The normalized spacial score (nSPS) is 19.0. The van der Waals surface area contributed by atoms with Gasteiger partial charge in [0.15, 0.2) is 6.29 Å². The second kappa shape index (κ2) is 54.6. The molecule has 11 nitrogen and oxygen atoms in total. The van der Waals surface area contributed by atoms with Crippen molar-refractivity contribution in [2.75, 3.05) is 19.8 Å². The van der Waals surface area contributed by atoms with E-state index in [-0.39, 0.29) is 18.5 Å². The number of carbonyl (C=O) groups is 2. The summed E-state index contributed by atoms with van der Waals surface area (Å²) in [6.07, 6.45) is 59.5. The molecule has 1 rings (SSSR count). The van der Waals surface area contributed by atoms with E-state index in [9.17, 15) is 35.1 Å². The number of ether oxygens (including phenoxy) is 3. The van der Waals surface area contributed by atoms with Crippen molar-refractivity contribution >= 4 is 11.9 Å². The first-order chi connectivity index (χ1) is 37.2. The number of amides is 1. The molecule has 0 bridgehead atoms. The second-order valence-electron chi connectivity index (χ2n) is 22.1. The van der Waals surface area contributed by atoms with Gasteiger partial charge in [-0.05, 0) is 96.3 Å². The smallest absolute Gasteiger partial charge is 0.305 e. The molecule has 76 heavy (non-hydrogen) atoms. The third-order valence-corrected chi connectivity index (χ3v) is 14.9. The molecule has 1 amide bonds. The van der Waals surface area contributed by atoms with Gasteiger partial charge in [-0.2, -0.15) is 0 Å². The van der Waals surface area contributed by atoms with Crippen molar-refractivity contribution in [2.24, 2.45) is 0 Å². The molecule has 7 unspecified atom stereocenters. The summed E-state index contributed by atoms with van der Waals surface area (Å²) in [5, 5.41) is 54.2. The molecule has 1 saturated heterocycles. The van der Waals surface area contributed by atoms with E-state index in [1.54, 1.807) is 6.08 Å². The molecule has 0 aromatic carbocycles. The number of unbranched alkanes of at least 4 members (excludes halogenated alkanes) is 35. The van der Waals surface area contributed by atoms with E-state index in [1.807, 2.05) is 6.08 Å². The van der Waals surface area contributed by atoms with Crippen LogP contribution < -0.4 is 5.32 Å². The maximum absolute atomic E-state index is 13.0. The van der Waals surface area contributed by atoms with Crippen molar-refractivity contribution in [1.29, 1.82) is 0 Å². The first-order valence-electron chi connectivity index (χ1n) is 31.9. The number of allylic oxidation sites excluding steroid dienone is 7. The predicted octanol–water partition coefficient (Wildman–Crippen LogP) is 15.2. The van der Waals surface area contributed by atoms with Crippen LogP contribution in [0.15, 0.2) is 48.6 Å². The van der Waals surface area contributed by atoms with Crippen LogP contribution >= 0.6 is 0 Å². The topological polar surface area (TPSA) is 175 Å². The summed E-state index contributed by atoms with van der Waals surface area (Å²) in [4.78, 5) is 25.1. The van der Waals surface area contributed by atoms with E-state index < -0.39 is 49.5 Å². The molecular weight excluding hydrogens is 955 g/mol. The first-order valence-corrected chi connectivity index (χ1v) is 31.9. The summed E-state index contributed by atoms with van der Waals surface area (Å²) in [5.41, 5.74) is 0. The average molecular weight is 1070 g/mol. The molecule has 1 fully saturated rings. The Hall–Kier alpha value is -2.38. The van der Waals surface area contributed by atoms with E-state index >= 15 is 0 Å². The zero-order valence-corrected chi connectivity index (χ0v) is 49.0. The van der Waals surface area contributed by atoms with Crippen LogP contribution in [0.1, 0.15) is 290 Å². The molecular formula is C65H119NO10. The quantitative estimate of drug-likeness (QED) is 0.0195. The number of hydrogen-bond acceptors (Lipinski definition) is 10. The molecule has 6 N–H and O–H groups in total. The van der Waals surface area contributed by atoms with Crippen molar-refractivity contribution < 1.29 is 49.3 Å². The monoisotopic (exact) mass is 1070 g/mol. The van der Waals surface area contributed by atoms with Crippen LogP contribution in [0.3, 0.4) is 0 Å². The minimum Gasteiger partial charge on any atom is -0.466 e. The van der Waals surface area contributed by atoms with Gasteiger partial charge in [-0.1, -0.05) is 229 Å². The summed E-state index contributed by atoms with van der Waals surface area (Å²) in [6, 6.07) is -0.833. The number of hydrogen-bond donors (Lipinski definition) is 6. The number of esters is 1. The maximum atomic E-state index is 13.0. The fourth-order valence-electron chi connectivity index (χ4n) is 9.79. The Morgan fingerprint density at radius 2 is 0.855 bits per heavy atom.